The smallest absolute Gasteiger partial charge is 0.254 e. The molecule has 0 aliphatic rings. The topological polar surface area (TPSA) is 58.2 Å². The summed E-state index contributed by atoms with van der Waals surface area (Å²) in [6.07, 6.45) is 0. The zero-order valence-electron chi connectivity index (χ0n) is 13.4. The summed E-state index contributed by atoms with van der Waals surface area (Å²) in [5.41, 5.74) is 0.584. The van der Waals surface area contributed by atoms with Gasteiger partial charge in [0.2, 0.25) is 5.91 Å². The molecule has 0 aromatic heterocycles. The van der Waals surface area contributed by atoms with E-state index < -0.39 is 11.4 Å². The molecule has 2 amide bonds. The second kappa shape index (κ2) is 7.69. The van der Waals surface area contributed by atoms with Crippen molar-refractivity contribution in [3.63, 3.8) is 0 Å². The molecule has 0 aliphatic carbocycles. The number of hydrogen-bond donors (Lipinski definition) is 2. The van der Waals surface area contributed by atoms with E-state index in [1.54, 1.807) is 18.2 Å². The Balaban J connectivity index is 1.97. The van der Waals surface area contributed by atoms with Crippen molar-refractivity contribution in [2.24, 2.45) is 0 Å². The van der Waals surface area contributed by atoms with Crippen LogP contribution in [0.2, 0.25) is 10.0 Å². The molecule has 0 aliphatic heterocycles. The minimum Gasteiger partial charge on any atom is -0.346 e. The first kappa shape index (κ1) is 18.3. The summed E-state index contributed by atoms with van der Waals surface area (Å²) in [7, 11) is 0. The quantitative estimate of drug-likeness (QED) is 0.847. The molecule has 24 heavy (non-hydrogen) atoms. The maximum atomic E-state index is 12.2. The third-order valence-electron chi connectivity index (χ3n) is 3.55. The molecule has 2 aromatic carbocycles. The average Bonchev–Trinajstić information content (AvgIpc) is 2.53. The Morgan fingerprint density at radius 1 is 0.958 bits per heavy atom. The van der Waals surface area contributed by atoms with E-state index in [4.69, 9.17) is 23.2 Å². The van der Waals surface area contributed by atoms with E-state index in [9.17, 15) is 9.59 Å². The Labute approximate surface area is 151 Å². The molecule has 126 valence electrons. The van der Waals surface area contributed by atoms with E-state index >= 15 is 0 Å². The van der Waals surface area contributed by atoms with Crippen molar-refractivity contribution in [1.29, 1.82) is 0 Å². The van der Waals surface area contributed by atoms with Crippen LogP contribution in [0.4, 0.5) is 0 Å². The van der Waals surface area contributed by atoms with E-state index in [0.717, 1.165) is 5.56 Å². The van der Waals surface area contributed by atoms with Gasteiger partial charge in [0.25, 0.3) is 5.91 Å². The number of halogens is 2. The molecule has 0 bridgehead atoms. The molecule has 0 saturated carbocycles. The Hall–Kier alpha value is -2.04. The first-order valence-electron chi connectivity index (χ1n) is 7.40. The van der Waals surface area contributed by atoms with Crippen molar-refractivity contribution in [2.75, 3.05) is 6.54 Å². The van der Waals surface area contributed by atoms with Crippen LogP contribution in [0.5, 0.6) is 0 Å². The predicted octanol–water partition coefficient (Wildman–Crippen LogP) is 3.77. The number of carbonyl (C=O) groups is 2. The van der Waals surface area contributed by atoms with Crippen molar-refractivity contribution in [2.45, 2.75) is 19.4 Å². The third kappa shape index (κ3) is 4.49. The van der Waals surface area contributed by atoms with Crippen molar-refractivity contribution in [1.82, 2.24) is 10.6 Å². The van der Waals surface area contributed by atoms with Gasteiger partial charge in [-0.15, -0.1) is 0 Å². The fourth-order valence-electron chi connectivity index (χ4n) is 2.28. The lowest BCUT2D eigenvalue weighted by atomic mass is 9.94. The molecule has 0 saturated heterocycles. The summed E-state index contributed by atoms with van der Waals surface area (Å²) in [6.45, 7) is 3.62. The third-order valence-corrected chi connectivity index (χ3v) is 4.18. The van der Waals surface area contributed by atoms with Gasteiger partial charge in [0, 0.05) is 0 Å². The van der Waals surface area contributed by atoms with Gasteiger partial charge in [-0.1, -0.05) is 59.6 Å². The molecule has 0 spiro atoms. The summed E-state index contributed by atoms with van der Waals surface area (Å²) in [5, 5.41) is 5.91. The van der Waals surface area contributed by atoms with E-state index in [2.05, 4.69) is 10.6 Å². The molecule has 2 rings (SSSR count). The Morgan fingerprint density at radius 2 is 1.54 bits per heavy atom. The van der Waals surface area contributed by atoms with Crippen LogP contribution in [0.25, 0.3) is 0 Å². The number of nitrogens with one attached hydrogen (secondary N) is 2. The van der Waals surface area contributed by atoms with Crippen LogP contribution in [-0.4, -0.2) is 18.4 Å². The lowest BCUT2D eigenvalue weighted by Crippen LogP contribution is -2.46. The first-order valence-corrected chi connectivity index (χ1v) is 8.15. The number of amides is 2. The van der Waals surface area contributed by atoms with Crippen molar-refractivity contribution < 1.29 is 9.59 Å². The van der Waals surface area contributed by atoms with Gasteiger partial charge < -0.3 is 10.6 Å². The van der Waals surface area contributed by atoms with Crippen LogP contribution in [0, 0.1) is 0 Å². The Kier molecular flexibility index (Phi) is 5.86. The van der Waals surface area contributed by atoms with Crippen LogP contribution >= 0.6 is 23.2 Å². The molecule has 2 N–H and O–H groups in total. The molecule has 6 heteroatoms. The maximum absolute atomic E-state index is 12.2. The lowest BCUT2D eigenvalue weighted by Gasteiger charge is -2.27. The second-order valence-electron chi connectivity index (χ2n) is 5.82. The van der Waals surface area contributed by atoms with Crippen LogP contribution < -0.4 is 10.6 Å². The molecule has 4 nitrogen and oxygen atoms in total. The van der Waals surface area contributed by atoms with Gasteiger partial charge in [0.15, 0.2) is 0 Å². The van der Waals surface area contributed by atoms with Gasteiger partial charge in [-0.2, -0.15) is 0 Å². The van der Waals surface area contributed by atoms with Gasteiger partial charge in [-0.05, 0) is 31.5 Å². The summed E-state index contributed by atoms with van der Waals surface area (Å²) in [5.74, 6) is -0.793. The minimum absolute atomic E-state index is 0.163. The van der Waals surface area contributed by atoms with Crippen LogP contribution in [-0.2, 0) is 10.3 Å². The summed E-state index contributed by atoms with van der Waals surface area (Å²) < 4.78 is 0. The van der Waals surface area contributed by atoms with E-state index in [-0.39, 0.29) is 28.1 Å². The largest absolute Gasteiger partial charge is 0.346 e. The predicted molar refractivity (Wildman–Crippen MR) is 96.4 cm³/mol. The van der Waals surface area contributed by atoms with E-state index in [1.807, 2.05) is 44.2 Å². The number of hydrogen-bond acceptors (Lipinski definition) is 2. The van der Waals surface area contributed by atoms with Gasteiger partial charge in [0.1, 0.15) is 0 Å². The Bertz CT molecular complexity index is 726. The zero-order chi connectivity index (χ0) is 17.7. The highest BCUT2D eigenvalue weighted by Gasteiger charge is 2.23. The zero-order valence-corrected chi connectivity index (χ0v) is 14.9. The number of rotatable bonds is 5. The first-order chi connectivity index (χ1) is 11.3. The van der Waals surface area contributed by atoms with Gasteiger partial charge in [0.05, 0.1) is 27.7 Å². The highest BCUT2D eigenvalue weighted by molar-refractivity contribution is 6.39. The molecule has 0 atom stereocenters. The summed E-state index contributed by atoms with van der Waals surface area (Å²) in [6, 6.07) is 14.4. The monoisotopic (exact) mass is 364 g/mol. The lowest BCUT2D eigenvalue weighted by molar-refractivity contribution is -0.121. The molecule has 0 fully saturated rings. The fraction of sp³-hybridized carbons (Fsp3) is 0.222. The molecule has 0 unspecified atom stereocenters. The summed E-state index contributed by atoms with van der Waals surface area (Å²) in [4.78, 5) is 24.3. The molecule has 0 radical (unpaired) electrons. The normalized spacial score (nSPS) is 11.0. The van der Waals surface area contributed by atoms with Crippen LogP contribution in [0.15, 0.2) is 48.5 Å². The maximum Gasteiger partial charge on any atom is 0.254 e. The molecule has 2 aromatic rings. The number of benzene rings is 2. The standard InChI is InChI=1S/C18H18Cl2N2O2/c1-18(2,12-7-4-3-5-8-12)22-15(23)11-21-17(24)16-13(19)9-6-10-14(16)20/h3-10H,11H2,1-2H3,(H,21,24)(H,22,23). The van der Waals surface area contributed by atoms with Crippen molar-refractivity contribution in [3.8, 4) is 0 Å². The van der Waals surface area contributed by atoms with E-state index in [1.165, 1.54) is 0 Å². The molecular weight excluding hydrogens is 347 g/mol. The van der Waals surface area contributed by atoms with Gasteiger partial charge in [-0.3, -0.25) is 9.59 Å². The van der Waals surface area contributed by atoms with Crippen LogP contribution in [0.3, 0.4) is 0 Å². The van der Waals surface area contributed by atoms with Crippen molar-refractivity contribution >= 4 is 35.0 Å². The highest BCUT2D eigenvalue weighted by atomic mass is 35.5. The SMILES string of the molecule is CC(C)(NC(=O)CNC(=O)c1c(Cl)cccc1Cl)c1ccccc1. The second-order valence-corrected chi connectivity index (χ2v) is 6.63. The van der Waals surface area contributed by atoms with Gasteiger partial charge in [-0.25, -0.2) is 0 Å². The van der Waals surface area contributed by atoms with Crippen LogP contribution in [0.1, 0.15) is 29.8 Å². The highest BCUT2D eigenvalue weighted by Crippen LogP contribution is 2.24. The number of carbonyl (C=O) groups excluding carboxylic acids is 2. The van der Waals surface area contributed by atoms with Crippen molar-refractivity contribution in [3.05, 3.63) is 69.7 Å². The summed E-state index contributed by atoms with van der Waals surface area (Å²) >= 11 is 12.0. The fourth-order valence-corrected chi connectivity index (χ4v) is 2.85. The average molecular weight is 365 g/mol. The minimum atomic E-state index is -0.550. The van der Waals surface area contributed by atoms with E-state index in [0.29, 0.717) is 0 Å². The Morgan fingerprint density at radius 3 is 2.12 bits per heavy atom. The van der Waals surface area contributed by atoms with Gasteiger partial charge >= 0.3 is 0 Å². The molecular formula is C18H18Cl2N2O2. The molecule has 0 heterocycles.